The Bertz CT molecular complexity index is 549. The van der Waals surface area contributed by atoms with Gasteiger partial charge in [0.1, 0.15) is 5.82 Å². The molecular weight excluding hydrogens is 237 g/mol. The molecule has 0 atom stereocenters. The Labute approximate surface area is 114 Å². The minimum atomic E-state index is -0.143. The number of hydrogen-bond donors (Lipinski definition) is 1. The zero-order chi connectivity index (χ0) is 13.7. The van der Waals surface area contributed by atoms with Crippen LogP contribution in [0, 0.1) is 12.7 Å². The maximum absolute atomic E-state index is 13.2. The fraction of sp³-hybridized carbons (Fsp3) is 0.294. The number of anilines is 1. The van der Waals surface area contributed by atoms with E-state index in [1.54, 1.807) is 6.92 Å². The zero-order valence-electron chi connectivity index (χ0n) is 11.5. The molecule has 0 spiro atoms. The van der Waals surface area contributed by atoms with Crippen molar-refractivity contribution in [2.45, 2.75) is 33.2 Å². The van der Waals surface area contributed by atoms with Crippen LogP contribution in [0.2, 0.25) is 0 Å². The summed E-state index contributed by atoms with van der Waals surface area (Å²) in [5.74, 6) is -0.143. The molecule has 1 N–H and O–H groups in total. The maximum atomic E-state index is 13.2. The average Bonchev–Trinajstić information content (AvgIpc) is 2.42. The molecule has 2 heteroatoms. The van der Waals surface area contributed by atoms with Gasteiger partial charge in [-0.15, -0.1) is 0 Å². The van der Waals surface area contributed by atoms with Gasteiger partial charge in [-0.25, -0.2) is 4.39 Å². The molecule has 0 heterocycles. The van der Waals surface area contributed by atoms with Crippen molar-refractivity contribution in [1.82, 2.24) is 0 Å². The predicted molar refractivity (Wildman–Crippen MR) is 78.9 cm³/mol. The van der Waals surface area contributed by atoms with Crippen LogP contribution in [0.25, 0.3) is 0 Å². The number of aryl methyl sites for hydroxylation is 2. The minimum Gasteiger partial charge on any atom is -0.381 e. The largest absolute Gasteiger partial charge is 0.381 e. The molecular formula is C17H20FN. The molecule has 2 rings (SSSR count). The summed E-state index contributed by atoms with van der Waals surface area (Å²) in [7, 11) is 0. The van der Waals surface area contributed by atoms with E-state index in [4.69, 9.17) is 0 Å². The monoisotopic (exact) mass is 257 g/mol. The second-order valence-corrected chi connectivity index (χ2v) is 4.84. The van der Waals surface area contributed by atoms with Crippen molar-refractivity contribution in [3.63, 3.8) is 0 Å². The van der Waals surface area contributed by atoms with E-state index in [9.17, 15) is 4.39 Å². The highest BCUT2D eigenvalue weighted by Crippen LogP contribution is 2.18. The third-order valence-corrected chi connectivity index (χ3v) is 3.24. The summed E-state index contributed by atoms with van der Waals surface area (Å²) in [6, 6.07) is 13.6. The molecule has 100 valence electrons. The molecule has 0 fully saturated rings. The van der Waals surface area contributed by atoms with E-state index in [-0.39, 0.29) is 5.82 Å². The van der Waals surface area contributed by atoms with Crippen molar-refractivity contribution in [2.24, 2.45) is 0 Å². The van der Waals surface area contributed by atoms with Gasteiger partial charge in [0.05, 0.1) is 0 Å². The molecule has 0 bridgehead atoms. The maximum Gasteiger partial charge on any atom is 0.126 e. The molecule has 1 nitrogen and oxygen atoms in total. The summed E-state index contributed by atoms with van der Waals surface area (Å²) in [6.45, 7) is 4.70. The molecule has 2 aromatic carbocycles. The Balaban J connectivity index is 2.07. The Hall–Kier alpha value is -1.83. The first-order valence-electron chi connectivity index (χ1n) is 6.77. The van der Waals surface area contributed by atoms with E-state index >= 15 is 0 Å². The van der Waals surface area contributed by atoms with Crippen LogP contribution in [-0.2, 0) is 13.0 Å². The van der Waals surface area contributed by atoms with Gasteiger partial charge in [0.15, 0.2) is 0 Å². The molecule has 0 aliphatic carbocycles. The predicted octanol–water partition coefficient (Wildman–Crippen LogP) is 4.70. The Morgan fingerprint density at radius 1 is 1.11 bits per heavy atom. The van der Waals surface area contributed by atoms with Crippen molar-refractivity contribution >= 4 is 5.69 Å². The molecule has 0 aromatic heterocycles. The number of nitrogens with one attached hydrogen (secondary N) is 1. The highest BCUT2D eigenvalue weighted by Gasteiger charge is 2.02. The lowest BCUT2D eigenvalue weighted by atomic mass is 10.1. The highest BCUT2D eigenvalue weighted by molar-refractivity contribution is 5.51. The number of hydrogen-bond acceptors (Lipinski definition) is 1. The third-order valence-electron chi connectivity index (χ3n) is 3.24. The van der Waals surface area contributed by atoms with Crippen molar-refractivity contribution in [3.05, 3.63) is 65.0 Å². The normalized spacial score (nSPS) is 10.5. The van der Waals surface area contributed by atoms with Crippen LogP contribution in [-0.4, -0.2) is 0 Å². The van der Waals surface area contributed by atoms with Crippen molar-refractivity contribution in [3.8, 4) is 0 Å². The number of para-hydroxylation sites is 1. The summed E-state index contributed by atoms with van der Waals surface area (Å²) in [5, 5.41) is 3.44. The molecule has 19 heavy (non-hydrogen) atoms. The van der Waals surface area contributed by atoms with Crippen LogP contribution >= 0.6 is 0 Å². The minimum absolute atomic E-state index is 0.143. The van der Waals surface area contributed by atoms with Crippen molar-refractivity contribution in [1.29, 1.82) is 0 Å². The van der Waals surface area contributed by atoms with Crippen LogP contribution in [0.3, 0.4) is 0 Å². The smallest absolute Gasteiger partial charge is 0.126 e. The molecule has 0 aliphatic heterocycles. The first-order valence-corrected chi connectivity index (χ1v) is 6.77. The Morgan fingerprint density at radius 3 is 2.63 bits per heavy atom. The highest BCUT2D eigenvalue weighted by atomic mass is 19.1. The van der Waals surface area contributed by atoms with Gasteiger partial charge in [-0.2, -0.15) is 0 Å². The number of benzene rings is 2. The van der Waals surface area contributed by atoms with Gasteiger partial charge in [-0.1, -0.05) is 43.7 Å². The van der Waals surface area contributed by atoms with E-state index in [0.29, 0.717) is 5.56 Å². The molecule has 0 radical (unpaired) electrons. The standard InChI is InChI=1S/C17H20FN/c1-3-6-15-7-4-5-8-17(15)19-12-14-9-10-16(18)13(2)11-14/h4-5,7-11,19H,3,6,12H2,1-2H3. The van der Waals surface area contributed by atoms with Crippen LogP contribution in [0.5, 0.6) is 0 Å². The first kappa shape index (κ1) is 13.6. The fourth-order valence-corrected chi connectivity index (χ4v) is 2.19. The summed E-state index contributed by atoms with van der Waals surface area (Å²) >= 11 is 0. The van der Waals surface area contributed by atoms with E-state index in [1.165, 1.54) is 17.3 Å². The van der Waals surface area contributed by atoms with Gasteiger partial charge in [0, 0.05) is 12.2 Å². The summed E-state index contributed by atoms with van der Waals surface area (Å²) in [4.78, 5) is 0. The van der Waals surface area contributed by atoms with Crippen molar-refractivity contribution < 1.29 is 4.39 Å². The van der Waals surface area contributed by atoms with Crippen LogP contribution < -0.4 is 5.32 Å². The first-order chi connectivity index (χ1) is 9.20. The van der Waals surface area contributed by atoms with Crippen LogP contribution in [0.1, 0.15) is 30.0 Å². The quantitative estimate of drug-likeness (QED) is 0.818. The van der Waals surface area contributed by atoms with Gasteiger partial charge in [0.25, 0.3) is 0 Å². The van der Waals surface area contributed by atoms with Gasteiger partial charge < -0.3 is 5.32 Å². The molecule has 0 aliphatic rings. The fourth-order valence-electron chi connectivity index (χ4n) is 2.19. The van der Waals surface area contributed by atoms with E-state index < -0.39 is 0 Å². The average molecular weight is 257 g/mol. The topological polar surface area (TPSA) is 12.0 Å². The molecule has 0 saturated carbocycles. The summed E-state index contributed by atoms with van der Waals surface area (Å²) < 4.78 is 13.2. The van der Waals surface area contributed by atoms with E-state index in [0.717, 1.165) is 24.9 Å². The Morgan fingerprint density at radius 2 is 1.89 bits per heavy atom. The number of rotatable bonds is 5. The van der Waals surface area contributed by atoms with E-state index in [1.807, 2.05) is 18.2 Å². The van der Waals surface area contributed by atoms with Crippen molar-refractivity contribution in [2.75, 3.05) is 5.32 Å². The SMILES string of the molecule is CCCc1ccccc1NCc1ccc(F)c(C)c1. The Kier molecular flexibility index (Phi) is 4.56. The second kappa shape index (κ2) is 6.37. The van der Waals surface area contributed by atoms with Gasteiger partial charge >= 0.3 is 0 Å². The lowest BCUT2D eigenvalue weighted by Gasteiger charge is -2.12. The molecule has 0 amide bonds. The zero-order valence-corrected chi connectivity index (χ0v) is 11.5. The molecule has 0 saturated heterocycles. The third kappa shape index (κ3) is 3.57. The van der Waals surface area contributed by atoms with E-state index in [2.05, 4.69) is 30.4 Å². The van der Waals surface area contributed by atoms with Gasteiger partial charge in [0.2, 0.25) is 0 Å². The summed E-state index contributed by atoms with van der Waals surface area (Å²) in [6.07, 6.45) is 2.21. The molecule has 2 aromatic rings. The van der Waals surface area contributed by atoms with Crippen LogP contribution in [0.4, 0.5) is 10.1 Å². The molecule has 0 unspecified atom stereocenters. The second-order valence-electron chi connectivity index (χ2n) is 4.84. The van der Waals surface area contributed by atoms with Crippen LogP contribution in [0.15, 0.2) is 42.5 Å². The van der Waals surface area contributed by atoms with Gasteiger partial charge in [-0.3, -0.25) is 0 Å². The lowest BCUT2D eigenvalue weighted by Crippen LogP contribution is -2.03. The lowest BCUT2D eigenvalue weighted by molar-refractivity contribution is 0.617. The summed E-state index contributed by atoms with van der Waals surface area (Å²) in [5.41, 5.74) is 4.31. The number of halogens is 1. The van der Waals surface area contributed by atoms with Gasteiger partial charge in [-0.05, 0) is 42.2 Å².